The van der Waals surface area contributed by atoms with Crippen LogP contribution in [-0.2, 0) is 9.53 Å². The lowest BCUT2D eigenvalue weighted by molar-refractivity contribution is -0.148. The standard InChI is InChI=1S/C14H18ClNO2S/c1-16-14(13(17)18-2)8-7-10(9-14)19-12-6-4-3-5-11(12)15/h3-6,10,16H,7-9H2,1-2H3. The van der Waals surface area contributed by atoms with Crippen molar-refractivity contribution in [2.45, 2.75) is 34.9 Å². The fraction of sp³-hybridized carbons (Fsp3) is 0.500. The number of ether oxygens (including phenoxy) is 1. The highest BCUT2D eigenvalue weighted by Crippen LogP contribution is 2.42. The molecule has 1 aliphatic carbocycles. The summed E-state index contributed by atoms with van der Waals surface area (Å²) in [5, 5.41) is 4.29. The minimum absolute atomic E-state index is 0.169. The average molecular weight is 300 g/mol. The molecule has 5 heteroatoms. The Kier molecular flexibility index (Phi) is 4.76. The lowest BCUT2D eigenvalue weighted by atomic mass is 9.98. The first-order valence-electron chi connectivity index (χ1n) is 6.30. The van der Waals surface area contributed by atoms with Crippen LogP contribution in [-0.4, -0.2) is 30.9 Å². The molecule has 2 atom stereocenters. The Labute approximate surface area is 123 Å². The molecule has 0 spiro atoms. The molecule has 1 aromatic rings. The van der Waals surface area contributed by atoms with Crippen LogP contribution in [0.4, 0.5) is 0 Å². The smallest absolute Gasteiger partial charge is 0.326 e. The number of nitrogens with one attached hydrogen (secondary N) is 1. The first-order valence-corrected chi connectivity index (χ1v) is 7.55. The van der Waals surface area contributed by atoms with E-state index in [1.165, 1.54) is 7.11 Å². The number of carbonyl (C=O) groups excluding carboxylic acids is 1. The highest BCUT2D eigenvalue weighted by molar-refractivity contribution is 8.00. The van der Waals surface area contributed by atoms with Crippen molar-refractivity contribution < 1.29 is 9.53 Å². The van der Waals surface area contributed by atoms with E-state index in [-0.39, 0.29) is 5.97 Å². The zero-order valence-electron chi connectivity index (χ0n) is 11.1. The molecule has 3 nitrogen and oxygen atoms in total. The molecule has 1 aliphatic rings. The van der Waals surface area contributed by atoms with E-state index in [1.807, 2.05) is 31.3 Å². The highest BCUT2D eigenvalue weighted by atomic mass is 35.5. The second-order valence-corrected chi connectivity index (χ2v) is 6.49. The van der Waals surface area contributed by atoms with Crippen LogP contribution >= 0.6 is 23.4 Å². The monoisotopic (exact) mass is 299 g/mol. The molecule has 0 heterocycles. The Balaban J connectivity index is 2.06. The van der Waals surface area contributed by atoms with Crippen molar-refractivity contribution in [3.05, 3.63) is 29.3 Å². The van der Waals surface area contributed by atoms with Crippen LogP contribution in [0.15, 0.2) is 29.2 Å². The van der Waals surface area contributed by atoms with Crippen molar-refractivity contribution in [2.24, 2.45) is 0 Å². The summed E-state index contributed by atoms with van der Waals surface area (Å²) in [6, 6.07) is 7.82. The van der Waals surface area contributed by atoms with Crippen LogP contribution in [0, 0.1) is 0 Å². The Bertz CT molecular complexity index is 469. The minimum Gasteiger partial charge on any atom is -0.468 e. The number of esters is 1. The zero-order valence-corrected chi connectivity index (χ0v) is 12.7. The van der Waals surface area contributed by atoms with Gasteiger partial charge in [-0.1, -0.05) is 23.7 Å². The van der Waals surface area contributed by atoms with Gasteiger partial charge in [0.15, 0.2) is 0 Å². The quantitative estimate of drug-likeness (QED) is 0.867. The minimum atomic E-state index is -0.534. The molecule has 0 aliphatic heterocycles. The molecule has 19 heavy (non-hydrogen) atoms. The van der Waals surface area contributed by atoms with E-state index in [0.29, 0.717) is 5.25 Å². The van der Waals surface area contributed by atoms with E-state index in [0.717, 1.165) is 29.2 Å². The number of hydrogen-bond donors (Lipinski definition) is 1. The lowest BCUT2D eigenvalue weighted by Crippen LogP contribution is -2.49. The number of thioether (sulfide) groups is 1. The van der Waals surface area contributed by atoms with Crippen LogP contribution in [0.2, 0.25) is 5.02 Å². The molecule has 1 fully saturated rings. The third kappa shape index (κ3) is 3.07. The largest absolute Gasteiger partial charge is 0.468 e. The molecule has 0 saturated heterocycles. The summed E-state index contributed by atoms with van der Waals surface area (Å²) in [7, 11) is 3.26. The van der Waals surface area contributed by atoms with Gasteiger partial charge in [0, 0.05) is 10.1 Å². The number of benzene rings is 1. The Morgan fingerprint density at radius 2 is 2.26 bits per heavy atom. The second kappa shape index (κ2) is 6.16. The van der Waals surface area contributed by atoms with Crippen LogP contribution in [0.3, 0.4) is 0 Å². The van der Waals surface area contributed by atoms with E-state index in [2.05, 4.69) is 5.32 Å². The van der Waals surface area contributed by atoms with Gasteiger partial charge in [-0.15, -0.1) is 11.8 Å². The van der Waals surface area contributed by atoms with Crippen LogP contribution < -0.4 is 5.32 Å². The van der Waals surface area contributed by atoms with Gasteiger partial charge >= 0.3 is 5.97 Å². The van der Waals surface area contributed by atoms with Crippen molar-refractivity contribution >= 4 is 29.3 Å². The molecule has 1 saturated carbocycles. The summed E-state index contributed by atoms with van der Waals surface area (Å²) in [5.74, 6) is -0.169. The van der Waals surface area contributed by atoms with Gasteiger partial charge in [0.25, 0.3) is 0 Å². The molecular weight excluding hydrogens is 282 g/mol. The number of hydrogen-bond acceptors (Lipinski definition) is 4. The normalized spacial score (nSPS) is 26.4. The summed E-state index contributed by atoms with van der Waals surface area (Å²) in [4.78, 5) is 13.0. The number of likely N-dealkylation sites (N-methyl/N-ethyl adjacent to an activating group) is 1. The van der Waals surface area contributed by atoms with E-state index in [1.54, 1.807) is 11.8 Å². The fourth-order valence-electron chi connectivity index (χ4n) is 2.53. The maximum atomic E-state index is 11.9. The average Bonchev–Trinajstić information content (AvgIpc) is 2.85. The van der Waals surface area contributed by atoms with E-state index >= 15 is 0 Å². The predicted molar refractivity (Wildman–Crippen MR) is 78.8 cm³/mol. The summed E-state index contributed by atoms with van der Waals surface area (Å²) in [5.41, 5.74) is -0.534. The van der Waals surface area contributed by atoms with Crippen LogP contribution in [0.5, 0.6) is 0 Å². The van der Waals surface area contributed by atoms with E-state index < -0.39 is 5.54 Å². The van der Waals surface area contributed by atoms with Crippen molar-refractivity contribution in [1.82, 2.24) is 5.32 Å². The Morgan fingerprint density at radius 3 is 2.89 bits per heavy atom. The van der Waals surface area contributed by atoms with Gasteiger partial charge in [-0.05, 0) is 38.4 Å². The van der Waals surface area contributed by atoms with Crippen molar-refractivity contribution in [1.29, 1.82) is 0 Å². The Hall–Kier alpha value is -0.710. The van der Waals surface area contributed by atoms with E-state index in [4.69, 9.17) is 16.3 Å². The topological polar surface area (TPSA) is 38.3 Å². The van der Waals surface area contributed by atoms with Gasteiger partial charge in [0.05, 0.1) is 12.1 Å². The molecule has 0 radical (unpaired) electrons. The van der Waals surface area contributed by atoms with Gasteiger partial charge in [0.2, 0.25) is 0 Å². The second-order valence-electron chi connectivity index (χ2n) is 4.74. The summed E-state index contributed by atoms with van der Waals surface area (Å²) in [6.45, 7) is 0. The molecule has 0 aromatic heterocycles. The fourth-order valence-corrected chi connectivity index (χ4v) is 4.10. The van der Waals surface area contributed by atoms with Crippen LogP contribution in [0.25, 0.3) is 0 Å². The van der Waals surface area contributed by atoms with E-state index in [9.17, 15) is 4.79 Å². The molecular formula is C14H18ClNO2S. The van der Waals surface area contributed by atoms with Crippen molar-refractivity contribution in [2.75, 3.05) is 14.2 Å². The molecule has 0 amide bonds. The zero-order chi connectivity index (χ0) is 13.9. The summed E-state index contributed by atoms with van der Waals surface area (Å²) in [6.07, 6.45) is 2.55. The maximum absolute atomic E-state index is 11.9. The number of carbonyl (C=O) groups is 1. The molecule has 2 unspecified atom stereocenters. The first kappa shape index (κ1) is 14.7. The molecule has 0 bridgehead atoms. The number of methoxy groups -OCH3 is 1. The van der Waals surface area contributed by atoms with Crippen molar-refractivity contribution in [3.8, 4) is 0 Å². The predicted octanol–water partition coefficient (Wildman–Crippen LogP) is 3.12. The third-order valence-electron chi connectivity index (χ3n) is 3.65. The van der Waals surface area contributed by atoms with Gasteiger partial charge in [-0.25, -0.2) is 0 Å². The highest BCUT2D eigenvalue weighted by Gasteiger charge is 2.45. The number of rotatable bonds is 4. The van der Waals surface area contributed by atoms with Gasteiger partial charge < -0.3 is 10.1 Å². The van der Waals surface area contributed by atoms with Crippen molar-refractivity contribution in [3.63, 3.8) is 0 Å². The summed E-state index contributed by atoms with van der Waals surface area (Å²) < 4.78 is 4.91. The Morgan fingerprint density at radius 1 is 1.53 bits per heavy atom. The maximum Gasteiger partial charge on any atom is 0.326 e. The molecule has 2 rings (SSSR count). The molecule has 1 N–H and O–H groups in total. The van der Waals surface area contributed by atoms with Gasteiger partial charge in [-0.3, -0.25) is 4.79 Å². The van der Waals surface area contributed by atoms with Gasteiger partial charge in [0.1, 0.15) is 5.54 Å². The lowest BCUT2D eigenvalue weighted by Gasteiger charge is -2.25. The third-order valence-corrected chi connectivity index (χ3v) is 5.44. The number of halogens is 1. The SMILES string of the molecule is CNC1(C(=O)OC)CCC(Sc2ccccc2Cl)C1. The summed E-state index contributed by atoms with van der Waals surface area (Å²) >= 11 is 7.91. The molecule has 1 aromatic carbocycles. The molecule has 104 valence electrons. The van der Waals surface area contributed by atoms with Gasteiger partial charge in [-0.2, -0.15) is 0 Å². The first-order chi connectivity index (χ1) is 9.11. The van der Waals surface area contributed by atoms with Crippen LogP contribution in [0.1, 0.15) is 19.3 Å².